The van der Waals surface area contributed by atoms with E-state index >= 15 is 0 Å². The highest BCUT2D eigenvalue weighted by Crippen LogP contribution is 2.27. The molecule has 0 unspecified atom stereocenters. The number of hydrazine groups is 1. The molecule has 0 radical (unpaired) electrons. The van der Waals surface area contributed by atoms with E-state index in [9.17, 15) is 10.1 Å². The highest BCUT2D eigenvalue weighted by Gasteiger charge is 2.21. The fourth-order valence-corrected chi connectivity index (χ4v) is 1.64. The van der Waals surface area contributed by atoms with Crippen LogP contribution in [0.25, 0.3) is 0 Å². The van der Waals surface area contributed by atoms with E-state index in [0.29, 0.717) is 6.54 Å². The first kappa shape index (κ1) is 13.2. The van der Waals surface area contributed by atoms with Crippen molar-refractivity contribution >= 4 is 23.1 Å². The number of nitro groups is 1. The largest absolute Gasteiger partial charge is 0.349 e. The second kappa shape index (κ2) is 6.07. The van der Waals surface area contributed by atoms with Crippen LogP contribution in [0.5, 0.6) is 0 Å². The number of rotatable bonds is 5. The van der Waals surface area contributed by atoms with Gasteiger partial charge in [-0.25, -0.2) is 15.4 Å². The maximum Gasteiger partial charge on any atom is 0.349 e. The molecule has 7 nitrogen and oxygen atoms in total. The molecule has 1 aromatic heterocycles. The van der Waals surface area contributed by atoms with Gasteiger partial charge in [0.25, 0.3) is 0 Å². The molecular weight excluding hydrogens is 270 g/mol. The molecule has 2 N–H and O–H groups in total. The van der Waals surface area contributed by atoms with Gasteiger partial charge in [0.15, 0.2) is 0 Å². The summed E-state index contributed by atoms with van der Waals surface area (Å²) in [6.07, 6.45) is 1.15. The zero-order valence-corrected chi connectivity index (χ0v) is 10.5. The highest BCUT2D eigenvalue weighted by atomic mass is 35.5. The van der Waals surface area contributed by atoms with E-state index in [-0.39, 0.29) is 16.7 Å². The Morgan fingerprint density at radius 2 is 2.00 bits per heavy atom. The quantitative estimate of drug-likeness (QED) is 0.495. The van der Waals surface area contributed by atoms with Crippen molar-refractivity contribution in [2.45, 2.75) is 6.54 Å². The van der Waals surface area contributed by atoms with Gasteiger partial charge in [0.05, 0.1) is 4.92 Å². The molecule has 1 aromatic carbocycles. The smallest absolute Gasteiger partial charge is 0.300 e. The van der Waals surface area contributed by atoms with Crippen molar-refractivity contribution in [3.05, 3.63) is 57.5 Å². The maximum atomic E-state index is 10.8. The fourth-order valence-electron chi connectivity index (χ4n) is 1.44. The Morgan fingerprint density at radius 3 is 2.68 bits per heavy atom. The third-order valence-corrected chi connectivity index (χ3v) is 2.58. The molecule has 0 amide bonds. The summed E-state index contributed by atoms with van der Waals surface area (Å²) in [5.41, 5.74) is 6.16. The zero-order valence-electron chi connectivity index (χ0n) is 9.71. The molecule has 1 heterocycles. The minimum Gasteiger partial charge on any atom is -0.300 e. The summed E-state index contributed by atoms with van der Waals surface area (Å²) in [5, 5.41) is 10.6. The van der Waals surface area contributed by atoms with Gasteiger partial charge >= 0.3 is 5.69 Å². The number of anilines is 1. The molecule has 19 heavy (non-hydrogen) atoms. The minimum atomic E-state index is -0.630. The van der Waals surface area contributed by atoms with Gasteiger partial charge < -0.3 is 0 Å². The Morgan fingerprint density at radius 1 is 1.26 bits per heavy atom. The Bertz CT molecular complexity index is 579. The van der Waals surface area contributed by atoms with E-state index in [1.807, 2.05) is 30.3 Å². The SMILES string of the molecule is O=[N+]([O-])c1c(Cl)ncnc1NNCc1ccccc1. The van der Waals surface area contributed by atoms with E-state index < -0.39 is 4.92 Å². The lowest BCUT2D eigenvalue weighted by atomic mass is 10.2. The molecule has 0 aliphatic carbocycles. The van der Waals surface area contributed by atoms with Crippen molar-refractivity contribution < 1.29 is 4.92 Å². The summed E-state index contributed by atoms with van der Waals surface area (Å²) >= 11 is 5.66. The second-order valence-electron chi connectivity index (χ2n) is 3.58. The Hall–Kier alpha value is -2.25. The third-order valence-electron chi connectivity index (χ3n) is 2.30. The van der Waals surface area contributed by atoms with Gasteiger partial charge in [-0.1, -0.05) is 41.9 Å². The van der Waals surface area contributed by atoms with Gasteiger partial charge in [0.1, 0.15) is 6.33 Å². The van der Waals surface area contributed by atoms with Crippen molar-refractivity contribution in [1.82, 2.24) is 15.4 Å². The van der Waals surface area contributed by atoms with Crippen molar-refractivity contribution in [1.29, 1.82) is 0 Å². The Kier molecular flexibility index (Phi) is 4.22. The van der Waals surface area contributed by atoms with Gasteiger partial charge in [0, 0.05) is 6.54 Å². The predicted octanol–water partition coefficient (Wildman–Crippen LogP) is 2.15. The number of benzene rings is 1. The molecule has 2 aromatic rings. The van der Waals surface area contributed by atoms with Gasteiger partial charge in [-0.2, -0.15) is 0 Å². The maximum absolute atomic E-state index is 10.8. The first-order valence-corrected chi connectivity index (χ1v) is 5.74. The molecule has 0 bridgehead atoms. The van der Waals surface area contributed by atoms with Crippen LogP contribution in [0.3, 0.4) is 0 Å². The third kappa shape index (κ3) is 3.36. The summed E-state index contributed by atoms with van der Waals surface area (Å²) in [4.78, 5) is 17.6. The van der Waals surface area contributed by atoms with Crippen LogP contribution >= 0.6 is 11.6 Å². The molecule has 2 rings (SSSR count). The van der Waals surface area contributed by atoms with Gasteiger partial charge in [0.2, 0.25) is 11.0 Å². The Labute approximate surface area is 113 Å². The number of hydrogen-bond acceptors (Lipinski definition) is 6. The molecule has 0 saturated heterocycles. The van der Waals surface area contributed by atoms with E-state index in [0.717, 1.165) is 11.9 Å². The second-order valence-corrected chi connectivity index (χ2v) is 3.94. The average Bonchev–Trinajstić information content (AvgIpc) is 2.39. The van der Waals surface area contributed by atoms with Crippen LogP contribution in [-0.2, 0) is 6.54 Å². The summed E-state index contributed by atoms with van der Waals surface area (Å²) in [7, 11) is 0. The molecule has 0 fully saturated rings. The molecule has 0 atom stereocenters. The minimum absolute atomic E-state index is 0.0286. The van der Waals surface area contributed by atoms with Crippen LogP contribution in [0.4, 0.5) is 11.5 Å². The van der Waals surface area contributed by atoms with Crippen molar-refractivity contribution in [3.8, 4) is 0 Å². The fraction of sp³-hybridized carbons (Fsp3) is 0.0909. The summed E-state index contributed by atoms with van der Waals surface area (Å²) < 4.78 is 0. The predicted molar refractivity (Wildman–Crippen MR) is 70.6 cm³/mol. The van der Waals surface area contributed by atoms with E-state index in [2.05, 4.69) is 20.8 Å². The lowest BCUT2D eigenvalue weighted by molar-refractivity contribution is -0.384. The first-order valence-electron chi connectivity index (χ1n) is 5.36. The average molecular weight is 280 g/mol. The van der Waals surface area contributed by atoms with Crippen LogP contribution in [-0.4, -0.2) is 14.9 Å². The molecule has 8 heteroatoms. The highest BCUT2D eigenvalue weighted by molar-refractivity contribution is 6.31. The topological polar surface area (TPSA) is 93.0 Å². The van der Waals surface area contributed by atoms with Crippen molar-refractivity contribution in [3.63, 3.8) is 0 Å². The van der Waals surface area contributed by atoms with Gasteiger partial charge in [-0.3, -0.25) is 15.5 Å². The molecule has 0 spiro atoms. The van der Waals surface area contributed by atoms with Crippen LogP contribution in [0.15, 0.2) is 36.7 Å². The Balaban J connectivity index is 2.04. The molecule has 0 saturated carbocycles. The number of halogens is 1. The van der Waals surface area contributed by atoms with E-state index in [1.165, 1.54) is 0 Å². The summed E-state index contributed by atoms with van der Waals surface area (Å²) in [5.74, 6) is 0.0286. The lowest BCUT2D eigenvalue weighted by Gasteiger charge is -2.08. The molecule has 0 aliphatic heterocycles. The number of nitrogens with one attached hydrogen (secondary N) is 2. The monoisotopic (exact) mass is 279 g/mol. The normalized spacial score (nSPS) is 10.2. The van der Waals surface area contributed by atoms with Crippen LogP contribution in [0, 0.1) is 10.1 Å². The summed E-state index contributed by atoms with van der Waals surface area (Å²) in [6, 6.07) is 9.57. The van der Waals surface area contributed by atoms with E-state index in [4.69, 9.17) is 11.6 Å². The van der Waals surface area contributed by atoms with Gasteiger partial charge in [-0.05, 0) is 5.56 Å². The molecule has 0 aliphatic rings. The standard InChI is InChI=1S/C11H10ClN5O2/c12-10-9(17(18)19)11(14-7-13-10)16-15-6-8-4-2-1-3-5-8/h1-5,7,15H,6H2,(H,13,14,16). The summed E-state index contributed by atoms with van der Waals surface area (Å²) in [6.45, 7) is 0.486. The molecular formula is C11H10ClN5O2. The van der Waals surface area contributed by atoms with Crippen LogP contribution in [0.2, 0.25) is 5.15 Å². The zero-order chi connectivity index (χ0) is 13.7. The number of nitrogens with zero attached hydrogens (tertiary/aromatic N) is 3. The first-order chi connectivity index (χ1) is 9.18. The van der Waals surface area contributed by atoms with Crippen molar-refractivity contribution in [2.75, 3.05) is 5.43 Å². The lowest BCUT2D eigenvalue weighted by Crippen LogP contribution is -2.22. The molecule has 98 valence electrons. The van der Waals surface area contributed by atoms with Gasteiger partial charge in [-0.15, -0.1) is 0 Å². The van der Waals surface area contributed by atoms with Crippen LogP contribution in [0.1, 0.15) is 5.56 Å². The van der Waals surface area contributed by atoms with Crippen molar-refractivity contribution in [2.24, 2.45) is 0 Å². The van der Waals surface area contributed by atoms with Crippen LogP contribution < -0.4 is 10.9 Å². The number of aromatic nitrogens is 2. The number of hydrogen-bond donors (Lipinski definition) is 2. The van der Waals surface area contributed by atoms with E-state index in [1.54, 1.807) is 0 Å².